The fraction of sp³-hybridized carbons (Fsp3) is 0.500. The summed E-state index contributed by atoms with van der Waals surface area (Å²) in [4.78, 5) is 12.0. The fourth-order valence-electron chi connectivity index (χ4n) is 2.52. The average Bonchev–Trinajstić information content (AvgIpc) is 2.40. The van der Waals surface area contributed by atoms with Gasteiger partial charge in [0, 0.05) is 11.1 Å². The van der Waals surface area contributed by atoms with Crippen LogP contribution < -0.4 is 5.32 Å². The minimum absolute atomic E-state index is 0.143. The molecule has 1 aromatic rings. The number of rotatable bonds is 3. The molecular formula is C14H18ClNO2. The number of carbonyl (C=O) groups is 1. The van der Waals surface area contributed by atoms with Crippen LogP contribution in [0.15, 0.2) is 24.3 Å². The lowest BCUT2D eigenvalue weighted by Gasteiger charge is -2.30. The van der Waals surface area contributed by atoms with Gasteiger partial charge < -0.3 is 10.1 Å². The molecule has 1 aromatic carbocycles. The number of nitrogens with one attached hydrogen (secondary N) is 1. The van der Waals surface area contributed by atoms with Crippen molar-refractivity contribution in [1.29, 1.82) is 0 Å². The molecule has 4 heteroatoms. The maximum atomic E-state index is 12.0. The number of benzene rings is 1. The lowest BCUT2D eigenvalue weighted by molar-refractivity contribution is -0.143. The molecule has 1 aliphatic rings. The number of piperidine rings is 1. The van der Waals surface area contributed by atoms with Gasteiger partial charge >= 0.3 is 5.97 Å². The van der Waals surface area contributed by atoms with Crippen LogP contribution in [0.3, 0.4) is 0 Å². The highest BCUT2D eigenvalue weighted by Crippen LogP contribution is 2.28. The van der Waals surface area contributed by atoms with Crippen LogP contribution in [0.5, 0.6) is 0 Å². The molecule has 0 aromatic heterocycles. The molecule has 0 saturated carbocycles. The predicted octanol–water partition coefficient (Wildman–Crippen LogP) is 2.74. The molecule has 1 saturated heterocycles. The Morgan fingerprint density at radius 3 is 2.94 bits per heavy atom. The van der Waals surface area contributed by atoms with Gasteiger partial charge in [0.15, 0.2) is 0 Å². The second-order valence-corrected chi connectivity index (χ2v) is 5.05. The van der Waals surface area contributed by atoms with E-state index in [4.69, 9.17) is 16.3 Å². The molecule has 2 atom stereocenters. The van der Waals surface area contributed by atoms with Crippen molar-refractivity contribution >= 4 is 17.6 Å². The highest BCUT2D eigenvalue weighted by molar-refractivity contribution is 6.30. The van der Waals surface area contributed by atoms with Crippen molar-refractivity contribution in [1.82, 2.24) is 5.32 Å². The summed E-state index contributed by atoms with van der Waals surface area (Å²) in [6.07, 6.45) is 3.30. The van der Waals surface area contributed by atoms with E-state index in [0.29, 0.717) is 5.02 Å². The molecule has 0 spiro atoms. The Bertz CT molecular complexity index is 416. The van der Waals surface area contributed by atoms with Gasteiger partial charge in [0.2, 0.25) is 0 Å². The smallest absolute Gasteiger partial charge is 0.314 e. The Kier molecular flexibility index (Phi) is 4.61. The minimum Gasteiger partial charge on any atom is -0.469 e. The van der Waals surface area contributed by atoms with Gasteiger partial charge in [-0.05, 0) is 37.1 Å². The topological polar surface area (TPSA) is 38.3 Å². The Morgan fingerprint density at radius 1 is 1.50 bits per heavy atom. The zero-order valence-electron chi connectivity index (χ0n) is 10.5. The van der Waals surface area contributed by atoms with Crippen LogP contribution in [0, 0.1) is 0 Å². The molecule has 1 N–H and O–H groups in total. The van der Waals surface area contributed by atoms with Crippen LogP contribution in [0.25, 0.3) is 0 Å². The molecule has 98 valence electrons. The van der Waals surface area contributed by atoms with Gasteiger partial charge in [-0.3, -0.25) is 4.79 Å². The lowest BCUT2D eigenvalue weighted by atomic mass is 9.86. The van der Waals surface area contributed by atoms with Crippen LogP contribution in [-0.2, 0) is 9.53 Å². The van der Waals surface area contributed by atoms with Crippen LogP contribution in [-0.4, -0.2) is 25.7 Å². The van der Waals surface area contributed by atoms with E-state index in [1.54, 1.807) is 0 Å². The molecule has 3 nitrogen and oxygen atoms in total. The number of methoxy groups -OCH3 is 1. The molecule has 1 aliphatic heterocycles. The van der Waals surface area contributed by atoms with Crippen molar-refractivity contribution < 1.29 is 9.53 Å². The largest absolute Gasteiger partial charge is 0.469 e. The zero-order valence-corrected chi connectivity index (χ0v) is 11.2. The third kappa shape index (κ3) is 3.03. The van der Waals surface area contributed by atoms with E-state index < -0.39 is 0 Å². The van der Waals surface area contributed by atoms with E-state index in [-0.39, 0.29) is 17.9 Å². The molecule has 0 aliphatic carbocycles. The minimum atomic E-state index is -0.269. The van der Waals surface area contributed by atoms with E-state index in [1.807, 2.05) is 24.3 Å². The van der Waals surface area contributed by atoms with Crippen molar-refractivity contribution in [3.63, 3.8) is 0 Å². The number of hydrogen-bond acceptors (Lipinski definition) is 3. The molecule has 1 unspecified atom stereocenters. The van der Waals surface area contributed by atoms with Gasteiger partial charge in [0.25, 0.3) is 0 Å². The van der Waals surface area contributed by atoms with E-state index in [9.17, 15) is 4.79 Å². The zero-order chi connectivity index (χ0) is 13.0. The first kappa shape index (κ1) is 13.4. The quantitative estimate of drug-likeness (QED) is 0.856. The van der Waals surface area contributed by atoms with Gasteiger partial charge in [-0.1, -0.05) is 30.2 Å². The summed E-state index contributed by atoms with van der Waals surface area (Å²) in [6, 6.07) is 7.61. The lowest BCUT2D eigenvalue weighted by Crippen LogP contribution is -2.42. The standard InChI is InChI=1S/C14H18ClNO2/c1-18-14(17)13(12-7-2-3-8-16-12)10-5-4-6-11(15)9-10/h4-6,9,12-13,16H,2-3,7-8H2,1H3/t12?,13-/m1/s1. The second kappa shape index (κ2) is 6.21. The Morgan fingerprint density at radius 2 is 2.33 bits per heavy atom. The Hall–Kier alpha value is -1.06. The summed E-state index contributed by atoms with van der Waals surface area (Å²) in [5.74, 6) is -0.467. The first-order valence-electron chi connectivity index (χ1n) is 6.29. The molecule has 0 bridgehead atoms. The number of halogens is 1. The normalized spacial score (nSPS) is 21.3. The van der Waals surface area contributed by atoms with Crippen LogP contribution >= 0.6 is 11.6 Å². The summed E-state index contributed by atoms with van der Waals surface area (Å²) < 4.78 is 4.94. The van der Waals surface area contributed by atoms with Crippen LogP contribution in [0.4, 0.5) is 0 Å². The van der Waals surface area contributed by atoms with Crippen LogP contribution in [0.2, 0.25) is 5.02 Å². The van der Waals surface area contributed by atoms with Gasteiger partial charge in [-0.25, -0.2) is 0 Å². The van der Waals surface area contributed by atoms with Gasteiger partial charge in [-0.2, -0.15) is 0 Å². The summed E-state index contributed by atoms with van der Waals surface area (Å²) in [7, 11) is 1.43. The maximum Gasteiger partial charge on any atom is 0.314 e. The van der Waals surface area contributed by atoms with Gasteiger partial charge in [-0.15, -0.1) is 0 Å². The first-order chi connectivity index (χ1) is 8.72. The average molecular weight is 268 g/mol. The van der Waals surface area contributed by atoms with Gasteiger partial charge in [0.1, 0.15) is 0 Å². The second-order valence-electron chi connectivity index (χ2n) is 4.61. The first-order valence-corrected chi connectivity index (χ1v) is 6.67. The van der Waals surface area contributed by atoms with Crippen molar-refractivity contribution in [2.45, 2.75) is 31.2 Å². The summed E-state index contributed by atoms with van der Waals surface area (Å²) in [5, 5.41) is 4.06. The summed E-state index contributed by atoms with van der Waals surface area (Å²) in [5.41, 5.74) is 0.925. The number of hydrogen-bond donors (Lipinski definition) is 1. The van der Waals surface area contributed by atoms with E-state index in [1.165, 1.54) is 13.5 Å². The molecule has 1 fully saturated rings. The van der Waals surface area contributed by atoms with E-state index in [2.05, 4.69) is 5.32 Å². The Labute approximate surface area is 112 Å². The van der Waals surface area contributed by atoms with Crippen molar-refractivity contribution in [2.24, 2.45) is 0 Å². The summed E-state index contributed by atoms with van der Waals surface area (Å²) in [6.45, 7) is 0.957. The number of carbonyl (C=O) groups excluding carboxylic acids is 1. The van der Waals surface area contributed by atoms with Gasteiger partial charge in [0.05, 0.1) is 13.0 Å². The molecule has 2 rings (SSSR count). The maximum absolute atomic E-state index is 12.0. The molecule has 0 radical (unpaired) electrons. The highest BCUT2D eigenvalue weighted by Gasteiger charge is 2.31. The fourth-order valence-corrected chi connectivity index (χ4v) is 2.72. The monoisotopic (exact) mass is 267 g/mol. The highest BCUT2D eigenvalue weighted by atomic mass is 35.5. The van der Waals surface area contributed by atoms with Crippen LogP contribution in [0.1, 0.15) is 30.7 Å². The Balaban J connectivity index is 2.26. The SMILES string of the molecule is COC(=O)[C@H](c1cccc(Cl)c1)C1CCCCN1. The van der Waals surface area contributed by atoms with Crippen molar-refractivity contribution in [2.75, 3.05) is 13.7 Å². The number of esters is 1. The van der Waals surface area contributed by atoms with E-state index >= 15 is 0 Å². The molecular weight excluding hydrogens is 250 g/mol. The molecule has 18 heavy (non-hydrogen) atoms. The third-order valence-corrected chi connectivity index (χ3v) is 3.65. The predicted molar refractivity (Wildman–Crippen MR) is 71.9 cm³/mol. The molecule has 0 amide bonds. The third-order valence-electron chi connectivity index (χ3n) is 3.41. The summed E-state index contributed by atoms with van der Waals surface area (Å²) >= 11 is 6.00. The van der Waals surface area contributed by atoms with Crippen molar-refractivity contribution in [3.05, 3.63) is 34.9 Å². The van der Waals surface area contributed by atoms with E-state index in [0.717, 1.165) is 24.9 Å². The van der Waals surface area contributed by atoms with Crippen molar-refractivity contribution in [3.8, 4) is 0 Å². The molecule has 1 heterocycles. The number of ether oxygens (including phenoxy) is 1.